The van der Waals surface area contributed by atoms with Crippen molar-refractivity contribution in [1.82, 2.24) is 14.7 Å². The summed E-state index contributed by atoms with van der Waals surface area (Å²) in [6.07, 6.45) is 0.915. The van der Waals surface area contributed by atoms with Crippen LogP contribution >= 0.6 is 0 Å². The maximum atomic E-state index is 13.6. The summed E-state index contributed by atoms with van der Waals surface area (Å²) < 4.78 is 34.5. The minimum Gasteiger partial charge on any atom is -0.493 e. The number of rotatable bonds is 9. The van der Waals surface area contributed by atoms with Crippen molar-refractivity contribution in [3.8, 4) is 17.0 Å². The lowest BCUT2D eigenvalue weighted by atomic mass is 9.97. The molecule has 1 aromatic carbocycles. The van der Waals surface area contributed by atoms with E-state index in [0.29, 0.717) is 42.3 Å². The highest BCUT2D eigenvalue weighted by Crippen LogP contribution is 2.38. The maximum Gasteiger partial charge on any atom is 0.281 e. The van der Waals surface area contributed by atoms with Crippen LogP contribution in [0.2, 0.25) is 0 Å². The van der Waals surface area contributed by atoms with Crippen molar-refractivity contribution in [2.24, 2.45) is 11.8 Å². The smallest absolute Gasteiger partial charge is 0.281 e. The number of carbonyl (C=O) groups is 1. The number of pyridine rings is 2. The summed E-state index contributed by atoms with van der Waals surface area (Å²) in [6.45, 7) is 11.9. The van der Waals surface area contributed by atoms with Crippen molar-refractivity contribution in [2.45, 2.75) is 51.6 Å². The van der Waals surface area contributed by atoms with Gasteiger partial charge in [-0.3, -0.25) is 4.79 Å². The van der Waals surface area contributed by atoms with Gasteiger partial charge < -0.3 is 14.5 Å². The van der Waals surface area contributed by atoms with Gasteiger partial charge in [0.15, 0.2) is 5.03 Å². The number of sulfonamides is 1. The topological polar surface area (TPSA) is 105 Å². The zero-order valence-corrected chi connectivity index (χ0v) is 25.1. The zero-order valence-electron chi connectivity index (χ0n) is 24.3. The molecule has 1 saturated heterocycles. The molecule has 1 N–H and O–H groups in total. The second-order valence-corrected chi connectivity index (χ2v) is 13.3. The van der Waals surface area contributed by atoms with Crippen molar-refractivity contribution in [1.29, 1.82) is 0 Å². The van der Waals surface area contributed by atoms with Gasteiger partial charge in [-0.05, 0) is 68.5 Å². The predicted octanol–water partition coefficient (Wildman–Crippen LogP) is 4.99. The highest BCUT2D eigenvalue weighted by Gasteiger charge is 2.39. The molecular weight excluding hydrogens is 526 g/mol. The maximum absolute atomic E-state index is 13.6. The number of hydrogen-bond acceptors (Lipinski definition) is 8. The van der Waals surface area contributed by atoms with Crippen LogP contribution in [-0.2, 0) is 10.0 Å². The molecule has 3 heterocycles. The van der Waals surface area contributed by atoms with Crippen molar-refractivity contribution in [2.75, 3.05) is 37.0 Å². The standard InChI is InChI=1S/C30H39N5O4S/c1-20(2)19-39-23-11-8-10-22(16-23)25-15-14-24(28(31-25)35-18-21(3)17-30(35,4)5)29(36)33-40(37,38)27-13-9-12-26(32-27)34(6)7/h8-16,20-21H,17-19H2,1-7H3,(H,33,36)/t21-/m0/s1. The van der Waals surface area contributed by atoms with E-state index < -0.39 is 15.9 Å². The average molecular weight is 566 g/mol. The fourth-order valence-corrected chi connectivity index (χ4v) is 5.92. The number of ether oxygens (including phenoxy) is 1. The van der Waals surface area contributed by atoms with Crippen LogP contribution in [0.5, 0.6) is 5.75 Å². The van der Waals surface area contributed by atoms with Crippen molar-refractivity contribution >= 4 is 27.6 Å². The van der Waals surface area contributed by atoms with Gasteiger partial charge in [0.25, 0.3) is 15.9 Å². The molecule has 1 aliphatic rings. The van der Waals surface area contributed by atoms with Gasteiger partial charge in [0, 0.05) is 31.7 Å². The first-order chi connectivity index (χ1) is 18.8. The Morgan fingerprint density at radius 3 is 2.50 bits per heavy atom. The molecule has 214 valence electrons. The molecule has 0 unspecified atom stereocenters. The number of anilines is 2. The SMILES string of the molecule is CC(C)COc1cccc(-c2ccc(C(=O)NS(=O)(=O)c3cccc(N(C)C)n3)c(N3C[C@@H](C)CC3(C)C)n2)c1. The molecule has 0 aliphatic carbocycles. The van der Waals surface area contributed by atoms with E-state index in [4.69, 9.17) is 9.72 Å². The Hall–Kier alpha value is -3.66. The fourth-order valence-electron chi connectivity index (χ4n) is 4.99. The van der Waals surface area contributed by atoms with Gasteiger partial charge in [0.2, 0.25) is 0 Å². The summed E-state index contributed by atoms with van der Waals surface area (Å²) in [4.78, 5) is 26.5. The summed E-state index contributed by atoms with van der Waals surface area (Å²) >= 11 is 0. The molecule has 1 amide bonds. The predicted molar refractivity (Wildman–Crippen MR) is 158 cm³/mol. The molecule has 3 aromatic rings. The second kappa shape index (κ2) is 11.4. The van der Waals surface area contributed by atoms with E-state index >= 15 is 0 Å². The third-order valence-corrected chi connectivity index (χ3v) is 8.06. The van der Waals surface area contributed by atoms with Gasteiger partial charge >= 0.3 is 0 Å². The molecule has 4 rings (SSSR count). The van der Waals surface area contributed by atoms with E-state index in [1.54, 1.807) is 43.3 Å². The quantitative estimate of drug-likeness (QED) is 0.387. The first kappa shape index (κ1) is 29.3. The van der Waals surface area contributed by atoms with Crippen LogP contribution in [0.3, 0.4) is 0 Å². The van der Waals surface area contributed by atoms with E-state index in [-0.39, 0.29) is 16.1 Å². The molecule has 2 aromatic heterocycles. The number of amides is 1. The van der Waals surface area contributed by atoms with Crippen LogP contribution in [0.4, 0.5) is 11.6 Å². The molecule has 0 radical (unpaired) electrons. The van der Waals surface area contributed by atoms with Crippen molar-refractivity contribution in [3.63, 3.8) is 0 Å². The molecule has 1 fully saturated rings. The largest absolute Gasteiger partial charge is 0.493 e. The van der Waals surface area contributed by atoms with Gasteiger partial charge in [-0.15, -0.1) is 0 Å². The number of nitrogens with zero attached hydrogens (tertiary/aromatic N) is 4. The molecular formula is C30H39N5O4S. The third kappa shape index (κ3) is 6.55. The summed E-state index contributed by atoms with van der Waals surface area (Å²) in [7, 11) is -0.694. The van der Waals surface area contributed by atoms with Crippen LogP contribution in [0.1, 0.15) is 51.4 Å². The minimum atomic E-state index is -4.22. The van der Waals surface area contributed by atoms with Gasteiger partial charge in [-0.2, -0.15) is 8.42 Å². The van der Waals surface area contributed by atoms with Crippen molar-refractivity contribution in [3.05, 3.63) is 60.2 Å². The third-order valence-electron chi connectivity index (χ3n) is 6.83. The number of carbonyl (C=O) groups excluding carboxylic acids is 1. The Balaban J connectivity index is 1.73. The first-order valence-corrected chi connectivity index (χ1v) is 15.0. The summed E-state index contributed by atoms with van der Waals surface area (Å²) in [5.74, 6) is 1.67. The molecule has 1 atom stereocenters. The van der Waals surface area contributed by atoms with Gasteiger partial charge in [-0.25, -0.2) is 14.7 Å². The van der Waals surface area contributed by atoms with Crippen LogP contribution in [-0.4, -0.2) is 57.1 Å². The minimum absolute atomic E-state index is 0.186. The lowest BCUT2D eigenvalue weighted by Crippen LogP contribution is -2.41. The first-order valence-electron chi connectivity index (χ1n) is 13.5. The Bertz CT molecular complexity index is 1490. The number of aromatic nitrogens is 2. The zero-order chi connectivity index (χ0) is 29.2. The van der Waals surface area contributed by atoms with E-state index in [0.717, 1.165) is 17.7 Å². The monoisotopic (exact) mass is 565 g/mol. The highest BCUT2D eigenvalue weighted by atomic mass is 32.2. The lowest BCUT2D eigenvalue weighted by molar-refractivity contribution is 0.0981. The van der Waals surface area contributed by atoms with E-state index in [2.05, 4.69) is 49.2 Å². The molecule has 0 saturated carbocycles. The number of nitrogens with one attached hydrogen (secondary N) is 1. The highest BCUT2D eigenvalue weighted by molar-refractivity contribution is 7.90. The van der Waals surface area contributed by atoms with E-state index in [1.807, 2.05) is 24.3 Å². The summed E-state index contributed by atoms with van der Waals surface area (Å²) in [5, 5.41) is -0.230. The van der Waals surface area contributed by atoms with Crippen LogP contribution < -0.4 is 19.3 Å². The van der Waals surface area contributed by atoms with Gasteiger partial charge in [0.05, 0.1) is 17.9 Å². The Kier molecular flexibility index (Phi) is 8.39. The number of hydrogen-bond donors (Lipinski definition) is 1. The summed E-state index contributed by atoms with van der Waals surface area (Å²) in [6, 6.07) is 15.7. The molecule has 1 aliphatic heterocycles. The van der Waals surface area contributed by atoms with Crippen molar-refractivity contribution < 1.29 is 17.9 Å². The molecule has 0 spiro atoms. The lowest BCUT2D eigenvalue weighted by Gasteiger charge is -2.34. The van der Waals surface area contributed by atoms with Crippen LogP contribution in [0.15, 0.2) is 59.6 Å². The van der Waals surface area contributed by atoms with E-state index in [9.17, 15) is 13.2 Å². The normalized spacial score (nSPS) is 16.7. The Morgan fingerprint density at radius 2 is 1.85 bits per heavy atom. The Labute approximate surface area is 237 Å². The molecule has 0 bridgehead atoms. The molecule has 40 heavy (non-hydrogen) atoms. The molecule has 10 heteroatoms. The van der Waals surface area contributed by atoms with Gasteiger partial charge in [-0.1, -0.05) is 39.0 Å². The Morgan fingerprint density at radius 1 is 1.12 bits per heavy atom. The van der Waals surface area contributed by atoms with Crippen LogP contribution in [0.25, 0.3) is 11.3 Å². The fraction of sp³-hybridized carbons (Fsp3) is 0.433. The second-order valence-electron chi connectivity index (χ2n) is 11.7. The number of benzene rings is 1. The van der Waals surface area contributed by atoms with E-state index in [1.165, 1.54) is 6.07 Å². The average Bonchev–Trinajstić information content (AvgIpc) is 3.18. The van der Waals surface area contributed by atoms with Crippen LogP contribution in [0, 0.1) is 11.8 Å². The summed E-state index contributed by atoms with van der Waals surface area (Å²) in [5.41, 5.74) is 1.42. The van der Waals surface area contributed by atoms with Gasteiger partial charge in [0.1, 0.15) is 17.4 Å². The molecule has 9 nitrogen and oxygen atoms in total.